The van der Waals surface area contributed by atoms with Crippen molar-refractivity contribution in [2.75, 3.05) is 0 Å². The molecule has 27 heavy (non-hydrogen) atoms. The number of fused-ring (bicyclic) bond motifs is 3. The molecule has 4 bridgehead atoms. The Morgan fingerprint density at radius 2 is 2.04 bits per heavy atom. The molecule has 4 aliphatic rings. The average Bonchev–Trinajstić information content (AvgIpc) is 3.39. The number of hydrogen-bond donors (Lipinski definition) is 1. The summed E-state index contributed by atoms with van der Waals surface area (Å²) in [5.41, 5.74) is 1.52. The van der Waals surface area contributed by atoms with E-state index >= 15 is 0 Å². The van der Waals surface area contributed by atoms with E-state index in [4.69, 9.17) is 10.1 Å². The summed E-state index contributed by atoms with van der Waals surface area (Å²) in [5, 5.41) is 25.5. The summed E-state index contributed by atoms with van der Waals surface area (Å²) in [7, 11) is 0. The molecule has 136 valence electrons. The van der Waals surface area contributed by atoms with Crippen LogP contribution in [0.25, 0.3) is 16.7 Å². The maximum absolute atomic E-state index is 5.00. The summed E-state index contributed by atoms with van der Waals surface area (Å²) in [5.74, 6) is 2.29. The zero-order chi connectivity index (χ0) is 17.6. The Balaban J connectivity index is 1.41. The van der Waals surface area contributed by atoms with Crippen molar-refractivity contribution >= 4 is 16.7 Å². The van der Waals surface area contributed by atoms with Crippen LogP contribution < -0.4 is 0 Å². The minimum atomic E-state index is -0.0404. The van der Waals surface area contributed by atoms with Crippen molar-refractivity contribution in [2.45, 2.75) is 49.5 Å². The Labute approximate surface area is 153 Å². The van der Waals surface area contributed by atoms with Crippen LogP contribution in [0.4, 0.5) is 0 Å². The van der Waals surface area contributed by atoms with Gasteiger partial charge in [0, 0.05) is 5.41 Å². The lowest BCUT2D eigenvalue weighted by Crippen LogP contribution is -2.59. The van der Waals surface area contributed by atoms with Gasteiger partial charge in [-0.2, -0.15) is 9.90 Å². The molecule has 4 fully saturated rings. The first-order chi connectivity index (χ1) is 13.2. The van der Waals surface area contributed by atoms with E-state index in [1.807, 2.05) is 4.80 Å². The lowest BCUT2D eigenvalue weighted by Gasteiger charge is -2.60. The number of aromatic nitrogens is 10. The largest absolute Gasteiger partial charge is 0.261 e. The fourth-order valence-electron chi connectivity index (χ4n) is 6.56. The summed E-state index contributed by atoms with van der Waals surface area (Å²) >= 11 is 0. The van der Waals surface area contributed by atoms with Gasteiger partial charge < -0.3 is 0 Å². The van der Waals surface area contributed by atoms with Gasteiger partial charge in [0.25, 0.3) is 0 Å². The van der Waals surface area contributed by atoms with Crippen LogP contribution in [0.3, 0.4) is 0 Å². The molecule has 1 N–H and O–H groups in total. The van der Waals surface area contributed by atoms with E-state index in [-0.39, 0.29) is 11.0 Å². The molecule has 0 aliphatic heterocycles. The Bertz CT molecular complexity index is 1160. The van der Waals surface area contributed by atoms with E-state index in [0.29, 0.717) is 11.8 Å². The third-order valence-corrected chi connectivity index (χ3v) is 7.07. The smallest absolute Gasteiger partial charge is 0.170 e. The normalized spacial score (nSPS) is 34.8. The van der Waals surface area contributed by atoms with Crippen molar-refractivity contribution in [2.24, 2.45) is 11.8 Å². The van der Waals surface area contributed by atoms with Crippen LogP contribution in [0.2, 0.25) is 0 Å². The first-order valence-electron chi connectivity index (χ1n) is 9.52. The van der Waals surface area contributed by atoms with Gasteiger partial charge in [-0.25, -0.2) is 14.5 Å². The number of rotatable bonds is 2. The van der Waals surface area contributed by atoms with Crippen LogP contribution in [-0.4, -0.2) is 50.0 Å². The van der Waals surface area contributed by atoms with Gasteiger partial charge in [-0.05, 0) is 55.6 Å². The molecular formula is C17H18N10. The topological polar surface area (TPSA) is 115 Å². The summed E-state index contributed by atoms with van der Waals surface area (Å²) in [6, 6.07) is 0. The van der Waals surface area contributed by atoms with Crippen LogP contribution in [0.1, 0.15) is 44.3 Å². The van der Waals surface area contributed by atoms with E-state index in [1.54, 1.807) is 23.4 Å². The highest BCUT2D eigenvalue weighted by molar-refractivity contribution is 5.87. The number of nitrogens with one attached hydrogen (secondary N) is 1. The molecule has 0 radical (unpaired) electrons. The molecule has 2 unspecified atom stereocenters. The van der Waals surface area contributed by atoms with Crippen molar-refractivity contribution in [1.29, 1.82) is 0 Å². The third kappa shape index (κ3) is 1.73. The van der Waals surface area contributed by atoms with Gasteiger partial charge in [0.1, 0.15) is 6.33 Å². The molecule has 4 saturated carbocycles. The van der Waals surface area contributed by atoms with Crippen LogP contribution in [-0.2, 0) is 11.0 Å². The van der Waals surface area contributed by atoms with Gasteiger partial charge >= 0.3 is 0 Å². The fourth-order valence-corrected chi connectivity index (χ4v) is 6.56. The summed E-state index contributed by atoms with van der Waals surface area (Å²) < 4.78 is 1.80. The molecule has 4 aromatic heterocycles. The zero-order valence-corrected chi connectivity index (χ0v) is 14.7. The first-order valence-corrected chi connectivity index (χ1v) is 9.52. The SMILES string of the molecule is c1nnn(C23C[C@@H]4C[C@@H](CC(c5nc6c7cn[nH]c7ncn6n5)(C4)C2)C3)n1. The quantitative estimate of drug-likeness (QED) is 0.570. The van der Waals surface area contributed by atoms with Gasteiger partial charge in [0.15, 0.2) is 23.4 Å². The monoisotopic (exact) mass is 362 g/mol. The molecule has 0 spiro atoms. The third-order valence-electron chi connectivity index (χ3n) is 7.07. The second kappa shape index (κ2) is 4.49. The summed E-state index contributed by atoms with van der Waals surface area (Å²) in [6.45, 7) is 0. The van der Waals surface area contributed by atoms with Gasteiger partial charge in [0.2, 0.25) is 0 Å². The molecule has 0 amide bonds. The predicted molar refractivity (Wildman–Crippen MR) is 92.6 cm³/mol. The molecule has 8 rings (SSSR count). The number of tetrazole rings is 1. The van der Waals surface area contributed by atoms with E-state index in [2.05, 4.69) is 30.6 Å². The van der Waals surface area contributed by atoms with Crippen molar-refractivity contribution in [3.8, 4) is 0 Å². The maximum atomic E-state index is 5.00. The minimum Gasteiger partial charge on any atom is -0.261 e. The van der Waals surface area contributed by atoms with Gasteiger partial charge in [0.05, 0.1) is 17.1 Å². The first kappa shape index (κ1) is 14.2. The Hall–Kier alpha value is -2.91. The van der Waals surface area contributed by atoms with Crippen LogP contribution in [0.15, 0.2) is 18.9 Å². The van der Waals surface area contributed by atoms with E-state index in [1.165, 1.54) is 6.42 Å². The van der Waals surface area contributed by atoms with E-state index in [9.17, 15) is 0 Å². The Morgan fingerprint density at radius 3 is 2.85 bits per heavy atom. The van der Waals surface area contributed by atoms with Crippen LogP contribution in [0, 0.1) is 11.8 Å². The maximum Gasteiger partial charge on any atom is 0.170 e. The Kier molecular flexibility index (Phi) is 2.36. The summed E-state index contributed by atoms with van der Waals surface area (Å²) in [6.07, 6.45) is 11.9. The van der Waals surface area contributed by atoms with Crippen LogP contribution >= 0.6 is 0 Å². The number of H-pyrrole nitrogens is 1. The molecule has 4 aromatic rings. The number of hydrogen-bond acceptors (Lipinski definition) is 7. The molecule has 10 nitrogen and oxygen atoms in total. The molecule has 10 heteroatoms. The lowest BCUT2D eigenvalue weighted by molar-refractivity contribution is -0.0785. The van der Waals surface area contributed by atoms with Gasteiger partial charge in [-0.1, -0.05) is 0 Å². The van der Waals surface area contributed by atoms with Gasteiger partial charge in [-0.15, -0.1) is 15.3 Å². The molecule has 4 aliphatic carbocycles. The van der Waals surface area contributed by atoms with E-state index < -0.39 is 0 Å². The second-order valence-electron chi connectivity index (χ2n) is 8.77. The van der Waals surface area contributed by atoms with Crippen molar-refractivity contribution in [3.05, 3.63) is 24.7 Å². The lowest BCUT2D eigenvalue weighted by atomic mass is 9.46. The molecule has 0 aromatic carbocycles. The highest BCUT2D eigenvalue weighted by Gasteiger charge is 2.61. The van der Waals surface area contributed by atoms with E-state index in [0.717, 1.165) is 54.6 Å². The zero-order valence-electron chi connectivity index (χ0n) is 14.7. The number of aromatic amines is 1. The standard InChI is InChI=1S/C17H18N10/c1-10-2-16(3-11(1)5-17(4-10,7-16)27-21-8-20-25-27)15-22-14-12-6-19-23-13(12)18-9-26(14)24-15/h6,8-11H,1-5,7H2,(H,19,23)/t10-,11+,16?,17?. The molecule has 4 heterocycles. The fraction of sp³-hybridized carbons (Fsp3) is 0.588. The Morgan fingerprint density at radius 1 is 1.15 bits per heavy atom. The van der Waals surface area contributed by atoms with Crippen molar-refractivity contribution in [3.63, 3.8) is 0 Å². The highest BCUT2D eigenvalue weighted by Crippen LogP contribution is 2.63. The minimum absolute atomic E-state index is 0.0141. The van der Waals surface area contributed by atoms with Crippen LogP contribution in [0.5, 0.6) is 0 Å². The average molecular weight is 362 g/mol. The summed E-state index contributed by atoms with van der Waals surface area (Å²) in [4.78, 5) is 11.3. The number of nitrogens with zero attached hydrogens (tertiary/aromatic N) is 9. The van der Waals surface area contributed by atoms with Crippen molar-refractivity contribution < 1.29 is 0 Å². The second-order valence-corrected chi connectivity index (χ2v) is 8.77. The molecule has 4 atom stereocenters. The molecule has 0 saturated heterocycles. The molecular weight excluding hydrogens is 344 g/mol. The van der Waals surface area contributed by atoms with Crippen molar-refractivity contribution in [1.82, 2.24) is 50.0 Å². The predicted octanol–water partition coefficient (Wildman–Crippen LogP) is 1.23. The highest BCUT2D eigenvalue weighted by atomic mass is 15.6. The van der Waals surface area contributed by atoms with Gasteiger partial charge in [-0.3, -0.25) is 5.10 Å².